The van der Waals surface area contributed by atoms with Gasteiger partial charge in [0, 0.05) is 6.04 Å². The minimum Gasteiger partial charge on any atom is -0.507 e. The summed E-state index contributed by atoms with van der Waals surface area (Å²) < 4.78 is 0. The Labute approximate surface area is 88.3 Å². The molecule has 0 aliphatic carbocycles. The quantitative estimate of drug-likeness (QED) is 0.704. The zero-order valence-corrected chi connectivity index (χ0v) is 8.82. The Hall–Kier alpha value is -1.55. The molecule has 0 unspecified atom stereocenters. The number of carbonyl (C=O) groups is 1. The largest absolute Gasteiger partial charge is 0.507 e. The minimum absolute atomic E-state index is 0.107. The monoisotopic (exact) mass is 209 g/mol. The molecule has 0 radical (unpaired) electrons. The lowest BCUT2D eigenvalue weighted by molar-refractivity contribution is -0.137. The molecule has 0 saturated heterocycles. The number of aromatic hydroxyl groups is 1. The molecule has 82 valence electrons. The Morgan fingerprint density at radius 1 is 1.40 bits per heavy atom. The molecule has 1 aromatic rings. The van der Waals surface area contributed by atoms with E-state index in [0.717, 1.165) is 5.56 Å². The van der Waals surface area contributed by atoms with Gasteiger partial charge < -0.3 is 15.9 Å². The van der Waals surface area contributed by atoms with Gasteiger partial charge in [0.05, 0.1) is 6.42 Å². The van der Waals surface area contributed by atoms with Gasteiger partial charge in [0.25, 0.3) is 0 Å². The molecule has 0 aliphatic rings. The molecule has 4 heteroatoms. The summed E-state index contributed by atoms with van der Waals surface area (Å²) >= 11 is 0. The van der Waals surface area contributed by atoms with Gasteiger partial charge >= 0.3 is 5.97 Å². The second kappa shape index (κ2) is 4.31. The van der Waals surface area contributed by atoms with Crippen molar-refractivity contribution in [2.75, 3.05) is 0 Å². The van der Waals surface area contributed by atoms with Crippen LogP contribution in [-0.4, -0.2) is 16.2 Å². The molecule has 0 bridgehead atoms. The van der Waals surface area contributed by atoms with Crippen LogP contribution in [0.15, 0.2) is 12.1 Å². The van der Waals surface area contributed by atoms with Crippen LogP contribution < -0.4 is 5.73 Å². The third-order valence-electron chi connectivity index (χ3n) is 2.34. The molecule has 1 aromatic carbocycles. The first-order valence-corrected chi connectivity index (χ1v) is 4.69. The van der Waals surface area contributed by atoms with Crippen molar-refractivity contribution < 1.29 is 15.0 Å². The topological polar surface area (TPSA) is 83.6 Å². The Balaban J connectivity index is 3.00. The van der Waals surface area contributed by atoms with Crippen LogP contribution in [0.1, 0.15) is 29.2 Å². The second-order valence-electron chi connectivity index (χ2n) is 3.71. The Kier molecular flexibility index (Phi) is 3.31. The van der Waals surface area contributed by atoms with E-state index in [1.165, 1.54) is 0 Å². The average molecular weight is 209 g/mol. The van der Waals surface area contributed by atoms with Crippen LogP contribution >= 0.6 is 0 Å². The lowest BCUT2D eigenvalue weighted by Crippen LogP contribution is -2.15. The molecular weight excluding hydrogens is 194 g/mol. The number of phenols is 1. The molecule has 0 spiro atoms. The number of hydrogen-bond acceptors (Lipinski definition) is 3. The summed E-state index contributed by atoms with van der Waals surface area (Å²) in [6.45, 7) is 3.53. The van der Waals surface area contributed by atoms with Gasteiger partial charge in [-0.15, -0.1) is 0 Å². The van der Waals surface area contributed by atoms with E-state index in [-0.39, 0.29) is 12.2 Å². The van der Waals surface area contributed by atoms with Crippen molar-refractivity contribution in [3.8, 4) is 5.75 Å². The molecular formula is C11H15NO3. The van der Waals surface area contributed by atoms with E-state index in [4.69, 9.17) is 10.8 Å². The van der Waals surface area contributed by atoms with Gasteiger partial charge in [-0.05, 0) is 30.5 Å². The smallest absolute Gasteiger partial charge is 0.305 e. The van der Waals surface area contributed by atoms with E-state index in [9.17, 15) is 9.90 Å². The molecule has 0 aromatic heterocycles. The van der Waals surface area contributed by atoms with Crippen LogP contribution in [-0.2, 0) is 4.79 Å². The first-order valence-electron chi connectivity index (χ1n) is 4.69. The van der Waals surface area contributed by atoms with Crippen LogP contribution in [0.25, 0.3) is 0 Å². The number of aliphatic carboxylic acids is 1. The number of rotatable bonds is 3. The Morgan fingerprint density at radius 2 is 1.87 bits per heavy atom. The van der Waals surface area contributed by atoms with Gasteiger partial charge in [-0.1, -0.05) is 12.1 Å². The molecule has 4 N–H and O–H groups in total. The van der Waals surface area contributed by atoms with Gasteiger partial charge in [0.15, 0.2) is 0 Å². The van der Waals surface area contributed by atoms with Crippen molar-refractivity contribution in [3.63, 3.8) is 0 Å². The third-order valence-corrected chi connectivity index (χ3v) is 2.34. The summed E-state index contributed by atoms with van der Waals surface area (Å²) in [5, 5.41) is 18.1. The lowest BCUT2D eigenvalue weighted by atomic mass is 9.99. The highest BCUT2D eigenvalue weighted by molar-refractivity contribution is 5.68. The van der Waals surface area contributed by atoms with Crippen LogP contribution in [0.5, 0.6) is 5.75 Å². The number of carboxylic acids is 1. The Morgan fingerprint density at radius 3 is 2.27 bits per heavy atom. The van der Waals surface area contributed by atoms with Crippen LogP contribution in [0.2, 0.25) is 0 Å². The van der Waals surface area contributed by atoms with Gasteiger partial charge in [-0.25, -0.2) is 0 Å². The molecule has 0 fully saturated rings. The SMILES string of the molecule is Cc1cc([C@@H](N)CC(=O)O)cc(C)c1O. The average Bonchev–Trinajstić information content (AvgIpc) is 2.12. The van der Waals surface area contributed by atoms with Crippen LogP contribution in [0.4, 0.5) is 0 Å². The summed E-state index contributed by atoms with van der Waals surface area (Å²) in [5.74, 6) is -0.688. The standard InChI is InChI=1S/C11H15NO3/c1-6-3-8(4-7(2)11(6)15)9(12)5-10(13)14/h3-4,9,15H,5,12H2,1-2H3,(H,13,14)/t9-/m0/s1. The van der Waals surface area contributed by atoms with Gasteiger partial charge in [0.2, 0.25) is 0 Å². The molecule has 0 amide bonds. The summed E-state index contributed by atoms with van der Waals surface area (Å²) in [5.41, 5.74) is 7.89. The molecule has 0 aliphatic heterocycles. The summed E-state index contributed by atoms with van der Waals surface area (Å²) in [7, 11) is 0. The molecule has 0 saturated carbocycles. The van der Waals surface area contributed by atoms with Crippen LogP contribution in [0, 0.1) is 13.8 Å². The highest BCUT2D eigenvalue weighted by Gasteiger charge is 2.13. The summed E-state index contributed by atoms with van der Waals surface area (Å²) in [6.07, 6.45) is -0.107. The van der Waals surface area contributed by atoms with Crippen LogP contribution in [0.3, 0.4) is 0 Å². The van der Waals surface area contributed by atoms with E-state index >= 15 is 0 Å². The van der Waals surface area contributed by atoms with Crippen molar-refractivity contribution in [1.29, 1.82) is 0 Å². The van der Waals surface area contributed by atoms with E-state index in [1.807, 2.05) is 0 Å². The van der Waals surface area contributed by atoms with Crippen molar-refractivity contribution in [3.05, 3.63) is 28.8 Å². The van der Waals surface area contributed by atoms with E-state index in [1.54, 1.807) is 26.0 Å². The maximum atomic E-state index is 10.5. The van der Waals surface area contributed by atoms with Gasteiger partial charge in [-0.2, -0.15) is 0 Å². The fraction of sp³-hybridized carbons (Fsp3) is 0.364. The first kappa shape index (κ1) is 11.5. The van der Waals surface area contributed by atoms with Crippen molar-refractivity contribution in [1.82, 2.24) is 0 Å². The van der Waals surface area contributed by atoms with E-state index in [0.29, 0.717) is 11.1 Å². The highest BCUT2D eigenvalue weighted by Crippen LogP contribution is 2.26. The van der Waals surface area contributed by atoms with Crippen molar-refractivity contribution in [2.45, 2.75) is 26.3 Å². The van der Waals surface area contributed by atoms with E-state index in [2.05, 4.69) is 0 Å². The fourth-order valence-electron chi connectivity index (χ4n) is 1.51. The normalized spacial score (nSPS) is 12.5. The summed E-state index contributed by atoms with van der Waals surface area (Å²) in [4.78, 5) is 10.5. The first-order chi connectivity index (χ1) is 6.91. The number of phenolic OH excluding ortho intramolecular Hbond substituents is 1. The molecule has 0 heterocycles. The highest BCUT2D eigenvalue weighted by atomic mass is 16.4. The molecule has 4 nitrogen and oxygen atoms in total. The lowest BCUT2D eigenvalue weighted by Gasteiger charge is -2.12. The van der Waals surface area contributed by atoms with Crippen molar-refractivity contribution in [2.24, 2.45) is 5.73 Å². The number of carboxylic acid groups (broad SMARTS) is 1. The number of benzene rings is 1. The number of aryl methyl sites for hydroxylation is 2. The van der Waals surface area contributed by atoms with Gasteiger partial charge in [0.1, 0.15) is 5.75 Å². The van der Waals surface area contributed by atoms with E-state index < -0.39 is 12.0 Å². The van der Waals surface area contributed by atoms with Gasteiger partial charge in [-0.3, -0.25) is 4.79 Å². The predicted octanol–water partition coefficient (Wildman–Crippen LogP) is 1.48. The zero-order valence-electron chi connectivity index (χ0n) is 8.82. The van der Waals surface area contributed by atoms with Crippen molar-refractivity contribution >= 4 is 5.97 Å². The third kappa shape index (κ3) is 2.70. The number of nitrogens with two attached hydrogens (primary N) is 1. The predicted molar refractivity (Wildman–Crippen MR) is 56.8 cm³/mol. The molecule has 1 atom stereocenters. The zero-order chi connectivity index (χ0) is 11.6. The Bertz CT molecular complexity index is 364. The molecule has 15 heavy (non-hydrogen) atoms. The summed E-state index contributed by atoms with van der Waals surface area (Å²) in [6, 6.07) is 2.91. The molecule has 1 rings (SSSR count). The fourth-order valence-corrected chi connectivity index (χ4v) is 1.51. The maximum absolute atomic E-state index is 10.5. The maximum Gasteiger partial charge on any atom is 0.305 e. The number of hydrogen-bond donors (Lipinski definition) is 3. The second-order valence-corrected chi connectivity index (χ2v) is 3.71. The minimum atomic E-state index is -0.925.